The lowest BCUT2D eigenvalue weighted by Crippen LogP contribution is -2.53. The molecular formula is C10H13NO5S2. The number of benzene rings is 1. The lowest BCUT2D eigenvalue weighted by Gasteiger charge is -2.34. The van der Waals surface area contributed by atoms with E-state index in [0.29, 0.717) is 0 Å². The number of hydrogen-bond donors (Lipinski definition) is 1. The molecule has 1 aromatic carbocycles. The zero-order valence-electron chi connectivity index (χ0n) is 9.64. The van der Waals surface area contributed by atoms with E-state index in [4.69, 9.17) is 5.11 Å². The third kappa shape index (κ3) is 2.41. The van der Waals surface area contributed by atoms with Crippen molar-refractivity contribution in [3.63, 3.8) is 0 Å². The predicted octanol–water partition coefficient (Wildman–Crippen LogP) is -0.545. The van der Waals surface area contributed by atoms with Gasteiger partial charge in [-0.2, -0.15) is 4.31 Å². The van der Waals surface area contributed by atoms with E-state index in [0.717, 1.165) is 10.6 Å². The zero-order chi connectivity index (χ0) is 13.6. The second kappa shape index (κ2) is 4.30. The van der Waals surface area contributed by atoms with Gasteiger partial charge in [-0.15, -0.1) is 0 Å². The molecule has 0 spiro atoms. The molecule has 0 amide bonds. The highest BCUT2D eigenvalue weighted by molar-refractivity contribution is 7.90. The van der Waals surface area contributed by atoms with Gasteiger partial charge in [-0.05, 0) is 24.3 Å². The van der Waals surface area contributed by atoms with Gasteiger partial charge < -0.3 is 5.11 Å². The van der Waals surface area contributed by atoms with Crippen molar-refractivity contribution in [2.24, 2.45) is 0 Å². The van der Waals surface area contributed by atoms with Crippen LogP contribution in [0, 0.1) is 0 Å². The molecule has 1 aliphatic heterocycles. The SMILES string of the molecule is CS(=O)(=O)c1ccc(S(=O)(=O)N2CC(O)C2)cc1. The normalized spacial score (nSPS) is 18.6. The highest BCUT2D eigenvalue weighted by Crippen LogP contribution is 2.22. The highest BCUT2D eigenvalue weighted by atomic mass is 32.2. The van der Waals surface area contributed by atoms with E-state index in [2.05, 4.69) is 0 Å². The molecule has 0 radical (unpaired) electrons. The summed E-state index contributed by atoms with van der Waals surface area (Å²) in [5.74, 6) is 0. The molecule has 0 aliphatic carbocycles. The first kappa shape index (κ1) is 13.5. The van der Waals surface area contributed by atoms with Gasteiger partial charge in [-0.1, -0.05) is 0 Å². The van der Waals surface area contributed by atoms with Crippen LogP contribution in [-0.4, -0.2) is 51.7 Å². The van der Waals surface area contributed by atoms with Gasteiger partial charge in [0.2, 0.25) is 10.0 Å². The van der Waals surface area contributed by atoms with Crippen molar-refractivity contribution in [1.82, 2.24) is 4.31 Å². The van der Waals surface area contributed by atoms with E-state index in [9.17, 15) is 16.8 Å². The molecule has 1 N–H and O–H groups in total. The van der Waals surface area contributed by atoms with Gasteiger partial charge in [-0.25, -0.2) is 16.8 Å². The number of aliphatic hydroxyl groups is 1. The second-order valence-corrected chi connectivity index (χ2v) is 8.17. The Morgan fingerprint density at radius 3 is 1.89 bits per heavy atom. The van der Waals surface area contributed by atoms with Crippen molar-refractivity contribution in [2.75, 3.05) is 19.3 Å². The second-order valence-electron chi connectivity index (χ2n) is 4.22. The molecule has 1 fully saturated rings. The van der Waals surface area contributed by atoms with Crippen LogP contribution in [0.1, 0.15) is 0 Å². The molecule has 1 heterocycles. The molecule has 1 aliphatic rings. The average molecular weight is 291 g/mol. The van der Waals surface area contributed by atoms with Gasteiger partial charge in [0.1, 0.15) is 0 Å². The molecular weight excluding hydrogens is 278 g/mol. The van der Waals surface area contributed by atoms with E-state index >= 15 is 0 Å². The summed E-state index contributed by atoms with van der Waals surface area (Å²) in [4.78, 5) is 0.104. The summed E-state index contributed by atoms with van der Waals surface area (Å²) in [6.07, 6.45) is 0.442. The summed E-state index contributed by atoms with van der Waals surface area (Å²) in [6, 6.07) is 5.05. The van der Waals surface area contributed by atoms with Crippen molar-refractivity contribution < 1.29 is 21.9 Å². The Bertz CT molecular complexity index is 642. The molecule has 1 aromatic rings. The monoisotopic (exact) mass is 291 g/mol. The van der Waals surface area contributed by atoms with Gasteiger partial charge in [0.05, 0.1) is 15.9 Å². The number of rotatable bonds is 3. The number of β-amino-alcohol motifs (C(OH)–C–C–N with tert-alkyl or cyclic N) is 1. The molecule has 100 valence electrons. The Morgan fingerprint density at radius 2 is 1.50 bits per heavy atom. The summed E-state index contributed by atoms with van der Waals surface area (Å²) >= 11 is 0. The van der Waals surface area contributed by atoms with E-state index in [1.54, 1.807) is 0 Å². The van der Waals surface area contributed by atoms with Gasteiger partial charge in [0, 0.05) is 19.3 Å². The van der Waals surface area contributed by atoms with Gasteiger partial charge in [-0.3, -0.25) is 0 Å². The van der Waals surface area contributed by atoms with Crippen molar-refractivity contribution >= 4 is 19.9 Å². The summed E-state index contributed by atoms with van der Waals surface area (Å²) in [7, 11) is -6.95. The van der Waals surface area contributed by atoms with Crippen molar-refractivity contribution in [2.45, 2.75) is 15.9 Å². The Morgan fingerprint density at radius 1 is 1.06 bits per heavy atom. The quantitative estimate of drug-likeness (QED) is 0.807. The van der Waals surface area contributed by atoms with E-state index < -0.39 is 26.0 Å². The maximum atomic E-state index is 12.0. The lowest BCUT2D eigenvalue weighted by atomic mass is 10.2. The Labute approximate surface area is 106 Å². The Kier molecular flexibility index (Phi) is 3.22. The van der Waals surface area contributed by atoms with Crippen LogP contribution < -0.4 is 0 Å². The summed E-state index contributed by atoms with van der Waals surface area (Å²) in [5, 5.41) is 9.09. The summed E-state index contributed by atoms with van der Waals surface area (Å²) < 4.78 is 47.6. The number of nitrogens with zero attached hydrogens (tertiary/aromatic N) is 1. The third-order valence-electron chi connectivity index (χ3n) is 2.72. The van der Waals surface area contributed by atoms with Gasteiger partial charge in [0.25, 0.3) is 0 Å². The molecule has 6 nitrogen and oxygen atoms in total. The first-order valence-electron chi connectivity index (χ1n) is 5.19. The van der Waals surface area contributed by atoms with Crippen molar-refractivity contribution in [3.8, 4) is 0 Å². The minimum absolute atomic E-state index is 0.0294. The molecule has 2 rings (SSSR count). The third-order valence-corrected chi connectivity index (χ3v) is 5.69. The molecule has 0 atom stereocenters. The molecule has 0 saturated carbocycles. The van der Waals surface area contributed by atoms with Gasteiger partial charge in [0.15, 0.2) is 9.84 Å². The highest BCUT2D eigenvalue weighted by Gasteiger charge is 2.35. The average Bonchev–Trinajstić information content (AvgIpc) is 2.24. The first-order chi connectivity index (χ1) is 8.21. The summed E-state index contributed by atoms with van der Waals surface area (Å²) in [6.45, 7) is 0.159. The minimum Gasteiger partial charge on any atom is -0.390 e. The van der Waals surface area contributed by atoms with Crippen LogP contribution >= 0.6 is 0 Å². The fourth-order valence-electron chi connectivity index (χ4n) is 1.62. The van der Waals surface area contributed by atoms with E-state index in [-0.39, 0.29) is 22.9 Å². The van der Waals surface area contributed by atoms with Crippen LogP contribution in [0.15, 0.2) is 34.1 Å². The largest absolute Gasteiger partial charge is 0.390 e. The smallest absolute Gasteiger partial charge is 0.243 e. The van der Waals surface area contributed by atoms with E-state index in [1.807, 2.05) is 0 Å². The predicted molar refractivity (Wildman–Crippen MR) is 64.3 cm³/mol. The topological polar surface area (TPSA) is 91.8 Å². The number of sulfonamides is 1. The van der Waals surface area contributed by atoms with Crippen molar-refractivity contribution in [3.05, 3.63) is 24.3 Å². The Hall–Kier alpha value is -0.960. The fourth-order valence-corrected chi connectivity index (χ4v) is 3.77. The molecule has 0 aromatic heterocycles. The number of aliphatic hydroxyl groups excluding tert-OH is 1. The zero-order valence-corrected chi connectivity index (χ0v) is 11.3. The molecule has 18 heavy (non-hydrogen) atoms. The fraction of sp³-hybridized carbons (Fsp3) is 0.400. The molecule has 0 unspecified atom stereocenters. The molecule has 1 saturated heterocycles. The van der Waals surface area contributed by atoms with Crippen LogP contribution in [0.3, 0.4) is 0 Å². The lowest BCUT2D eigenvalue weighted by molar-refractivity contribution is 0.0548. The van der Waals surface area contributed by atoms with Crippen LogP contribution in [0.25, 0.3) is 0 Å². The Balaban J connectivity index is 2.30. The van der Waals surface area contributed by atoms with Crippen LogP contribution in [-0.2, 0) is 19.9 Å². The van der Waals surface area contributed by atoms with Gasteiger partial charge >= 0.3 is 0 Å². The van der Waals surface area contributed by atoms with Crippen LogP contribution in [0.2, 0.25) is 0 Å². The van der Waals surface area contributed by atoms with E-state index in [1.165, 1.54) is 24.3 Å². The minimum atomic E-state index is -3.62. The number of hydrogen-bond acceptors (Lipinski definition) is 5. The standard InChI is InChI=1S/C10H13NO5S2/c1-17(13,14)9-2-4-10(5-3-9)18(15,16)11-6-8(12)7-11/h2-5,8,12H,6-7H2,1H3. The number of sulfone groups is 1. The maximum Gasteiger partial charge on any atom is 0.243 e. The molecule has 8 heteroatoms. The molecule has 0 bridgehead atoms. The van der Waals surface area contributed by atoms with Crippen LogP contribution in [0.5, 0.6) is 0 Å². The van der Waals surface area contributed by atoms with Crippen molar-refractivity contribution in [1.29, 1.82) is 0 Å². The maximum absolute atomic E-state index is 12.0. The summed E-state index contributed by atoms with van der Waals surface area (Å²) in [5.41, 5.74) is 0. The first-order valence-corrected chi connectivity index (χ1v) is 8.53. The van der Waals surface area contributed by atoms with Crippen LogP contribution in [0.4, 0.5) is 0 Å².